The van der Waals surface area contributed by atoms with E-state index < -0.39 is 10.0 Å². The number of sulfonamides is 1. The molecule has 0 radical (unpaired) electrons. The van der Waals surface area contributed by atoms with E-state index in [2.05, 4.69) is 5.32 Å². The Balaban J connectivity index is 1.91. The summed E-state index contributed by atoms with van der Waals surface area (Å²) in [7, 11) is -2.08. The number of methoxy groups -OCH3 is 1. The molecule has 0 saturated carbocycles. The minimum absolute atomic E-state index is 0.201. The highest BCUT2D eigenvalue weighted by Gasteiger charge is 2.38. The molecule has 1 amide bonds. The minimum atomic E-state index is -3.66. The topological polar surface area (TPSA) is 75.7 Å². The van der Waals surface area contributed by atoms with E-state index in [1.54, 1.807) is 31.0 Å². The number of amides is 1. The summed E-state index contributed by atoms with van der Waals surface area (Å²) in [5, 5.41) is 2.31. The van der Waals surface area contributed by atoms with E-state index in [0.717, 1.165) is 5.56 Å². The van der Waals surface area contributed by atoms with Crippen molar-refractivity contribution in [2.45, 2.75) is 17.2 Å². The van der Waals surface area contributed by atoms with Crippen LogP contribution >= 0.6 is 11.8 Å². The predicted octanol–water partition coefficient (Wildman–Crippen LogP) is 3.09. The lowest BCUT2D eigenvalue weighted by molar-refractivity contribution is -0.114. The normalized spacial score (nSPS) is 17.8. The number of benzene rings is 2. The Morgan fingerprint density at radius 2 is 1.88 bits per heavy atom. The van der Waals surface area contributed by atoms with E-state index in [1.807, 2.05) is 24.3 Å². The van der Waals surface area contributed by atoms with Gasteiger partial charge in [-0.1, -0.05) is 18.2 Å². The van der Waals surface area contributed by atoms with Crippen molar-refractivity contribution in [2.24, 2.45) is 0 Å². The number of carbonyl (C=O) groups excluding carboxylic acids is 1. The van der Waals surface area contributed by atoms with Gasteiger partial charge >= 0.3 is 0 Å². The molecule has 0 bridgehead atoms. The second-order valence-electron chi connectivity index (χ2n) is 5.79. The van der Waals surface area contributed by atoms with Gasteiger partial charge in [0.05, 0.1) is 17.4 Å². The average molecular weight is 393 g/mol. The maximum absolute atomic E-state index is 13.1. The fourth-order valence-electron chi connectivity index (χ4n) is 2.87. The van der Waals surface area contributed by atoms with E-state index >= 15 is 0 Å². The molecule has 0 aromatic heterocycles. The largest absolute Gasteiger partial charge is 0.496 e. The first-order valence-corrected chi connectivity index (χ1v) is 10.6. The van der Waals surface area contributed by atoms with Crippen molar-refractivity contribution in [3.05, 3.63) is 54.1 Å². The van der Waals surface area contributed by atoms with Gasteiger partial charge in [-0.05, 0) is 30.3 Å². The Morgan fingerprint density at radius 1 is 1.19 bits per heavy atom. The van der Waals surface area contributed by atoms with Crippen molar-refractivity contribution >= 4 is 33.4 Å². The van der Waals surface area contributed by atoms with Crippen LogP contribution in [-0.4, -0.2) is 38.0 Å². The number of carbonyl (C=O) groups is 1. The van der Waals surface area contributed by atoms with Gasteiger partial charge in [-0.15, -0.1) is 11.8 Å². The number of ether oxygens (including phenoxy) is 1. The zero-order chi connectivity index (χ0) is 18.7. The average Bonchev–Trinajstić information content (AvgIpc) is 3.12. The molecule has 0 aliphatic carbocycles. The monoisotopic (exact) mass is 392 g/mol. The van der Waals surface area contributed by atoms with Crippen LogP contribution in [0.15, 0.2) is 53.4 Å². The lowest BCUT2D eigenvalue weighted by atomic mass is 10.2. The van der Waals surface area contributed by atoms with Crippen LogP contribution in [0.3, 0.4) is 0 Å². The highest BCUT2D eigenvalue weighted by atomic mass is 32.2. The summed E-state index contributed by atoms with van der Waals surface area (Å²) < 4.78 is 33.2. The molecule has 2 aromatic carbocycles. The Kier molecular flexibility index (Phi) is 5.55. The van der Waals surface area contributed by atoms with Crippen LogP contribution in [0, 0.1) is 0 Å². The minimum Gasteiger partial charge on any atom is -0.496 e. The molecule has 8 heteroatoms. The quantitative estimate of drug-likeness (QED) is 0.846. The Morgan fingerprint density at radius 3 is 2.54 bits per heavy atom. The molecule has 1 N–H and O–H groups in total. The fraction of sp³-hybridized carbons (Fsp3) is 0.278. The number of nitrogens with zero attached hydrogens (tertiary/aromatic N) is 1. The van der Waals surface area contributed by atoms with Gasteiger partial charge in [0.2, 0.25) is 15.9 Å². The lowest BCUT2D eigenvalue weighted by Crippen LogP contribution is -2.30. The molecule has 0 unspecified atom stereocenters. The lowest BCUT2D eigenvalue weighted by Gasteiger charge is -2.25. The van der Waals surface area contributed by atoms with Crippen molar-refractivity contribution in [1.82, 2.24) is 4.31 Å². The number of anilines is 1. The van der Waals surface area contributed by atoms with Gasteiger partial charge in [-0.2, -0.15) is 4.31 Å². The van der Waals surface area contributed by atoms with Crippen LogP contribution in [0.5, 0.6) is 5.75 Å². The number of thioether (sulfide) groups is 1. The summed E-state index contributed by atoms with van der Waals surface area (Å²) >= 11 is 1.58. The molecule has 3 rings (SSSR count). The summed E-state index contributed by atoms with van der Waals surface area (Å²) in [4.78, 5) is 11.3. The van der Waals surface area contributed by atoms with Gasteiger partial charge in [0.15, 0.2) is 0 Å². The molecule has 1 saturated heterocycles. The molecule has 138 valence electrons. The maximum atomic E-state index is 13.1. The number of hydrogen-bond acceptors (Lipinski definition) is 5. The first kappa shape index (κ1) is 18.8. The van der Waals surface area contributed by atoms with Gasteiger partial charge in [-0.3, -0.25) is 4.79 Å². The van der Waals surface area contributed by atoms with E-state index in [-0.39, 0.29) is 16.2 Å². The van der Waals surface area contributed by atoms with E-state index in [0.29, 0.717) is 23.7 Å². The number of para-hydroxylation sites is 1. The summed E-state index contributed by atoms with van der Waals surface area (Å²) in [5.74, 6) is 1.19. The Hall–Kier alpha value is -2.03. The van der Waals surface area contributed by atoms with E-state index in [4.69, 9.17) is 4.74 Å². The molecule has 2 aromatic rings. The molecular weight excluding hydrogens is 372 g/mol. The number of rotatable bonds is 5. The van der Waals surface area contributed by atoms with Crippen molar-refractivity contribution in [3.8, 4) is 5.75 Å². The molecule has 1 fully saturated rings. The molecule has 0 spiro atoms. The third-order valence-electron chi connectivity index (χ3n) is 4.04. The molecule has 1 aliphatic heterocycles. The smallest absolute Gasteiger partial charge is 0.244 e. The van der Waals surface area contributed by atoms with Crippen LogP contribution in [0.4, 0.5) is 5.69 Å². The van der Waals surface area contributed by atoms with Crippen LogP contribution in [-0.2, 0) is 14.8 Å². The molecular formula is C18H20N2O4S2. The third kappa shape index (κ3) is 3.72. The standard InChI is InChI=1S/C18H20N2O4S2/c1-13(21)19-14-7-9-15(10-8-14)26(22,23)20-11-12-25-18(20)16-5-3-4-6-17(16)24-2/h3-10,18H,11-12H2,1-2H3,(H,19,21)/t18-/m0/s1. The van der Waals surface area contributed by atoms with Crippen LogP contribution in [0.1, 0.15) is 17.9 Å². The first-order chi connectivity index (χ1) is 12.4. The number of hydrogen-bond donors (Lipinski definition) is 1. The third-order valence-corrected chi connectivity index (χ3v) is 7.29. The van der Waals surface area contributed by atoms with Gasteiger partial charge < -0.3 is 10.1 Å². The predicted molar refractivity (Wildman–Crippen MR) is 103 cm³/mol. The highest BCUT2D eigenvalue weighted by Crippen LogP contribution is 2.44. The molecule has 26 heavy (non-hydrogen) atoms. The number of nitrogens with one attached hydrogen (secondary N) is 1. The van der Waals surface area contributed by atoms with E-state index in [9.17, 15) is 13.2 Å². The van der Waals surface area contributed by atoms with Gasteiger partial charge in [0, 0.05) is 30.5 Å². The zero-order valence-electron chi connectivity index (χ0n) is 14.5. The van der Waals surface area contributed by atoms with Gasteiger partial charge in [0.25, 0.3) is 0 Å². The van der Waals surface area contributed by atoms with Crippen LogP contribution in [0.2, 0.25) is 0 Å². The van der Waals surface area contributed by atoms with Crippen molar-refractivity contribution in [1.29, 1.82) is 0 Å². The summed E-state index contributed by atoms with van der Waals surface area (Å²) in [6.45, 7) is 1.84. The first-order valence-electron chi connectivity index (χ1n) is 8.07. The Labute approximate surface area is 157 Å². The van der Waals surface area contributed by atoms with Crippen molar-refractivity contribution in [3.63, 3.8) is 0 Å². The Bertz CT molecular complexity index is 898. The van der Waals surface area contributed by atoms with E-state index in [1.165, 1.54) is 23.4 Å². The highest BCUT2D eigenvalue weighted by molar-refractivity contribution is 8.01. The molecule has 6 nitrogen and oxygen atoms in total. The van der Waals surface area contributed by atoms with Crippen molar-refractivity contribution < 1.29 is 17.9 Å². The second-order valence-corrected chi connectivity index (χ2v) is 8.87. The van der Waals surface area contributed by atoms with Crippen molar-refractivity contribution in [2.75, 3.05) is 24.7 Å². The molecule has 1 aliphatic rings. The molecule has 1 heterocycles. The summed E-state index contributed by atoms with van der Waals surface area (Å²) in [6, 6.07) is 13.7. The van der Waals surface area contributed by atoms with Crippen LogP contribution < -0.4 is 10.1 Å². The van der Waals surface area contributed by atoms with Gasteiger partial charge in [-0.25, -0.2) is 8.42 Å². The SMILES string of the molecule is COc1ccccc1[C@@H]1SCCN1S(=O)(=O)c1ccc(NC(C)=O)cc1. The zero-order valence-corrected chi connectivity index (χ0v) is 16.1. The fourth-order valence-corrected chi connectivity index (χ4v) is 6.12. The van der Waals surface area contributed by atoms with Crippen LogP contribution in [0.25, 0.3) is 0 Å². The summed E-state index contributed by atoms with van der Waals surface area (Å²) in [5.41, 5.74) is 1.41. The maximum Gasteiger partial charge on any atom is 0.244 e. The summed E-state index contributed by atoms with van der Waals surface area (Å²) in [6.07, 6.45) is 0. The van der Waals surface area contributed by atoms with Gasteiger partial charge in [0.1, 0.15) is 5.75 Å². The molecule has 1 atom stereocenters. The second kappa shape index (κ2) is 7.69.